The van der Waals surface area contributed by atoms with Crippen LogP contribution < -0.4 is 0 Å². The summed E-state index contributed by atoms with van der Waals surface area (Å²) in [7, 11) is 0. The fraction of sp³-hybridized carbons (Fsp3) is 0.545. The minimum atomic E-state index is -0.200. The Labute approximate surface area is 175 Å². The molecule has 2 aromatic heterocycles. The summed E-state index contributed by atoms with van der Waals surface area (Å²) in [6.07, 6.45) is 7.56. The number of para-hydroxylation sites is 1. The van der Waals surface area contributed by atoms with Crippen LogP contribution in [0.2, 0.25) is 0 Å². The smallest absolute Gasteiger partial charge is 0.275 e. The Morgan fingerprint density at radius 3 is 2.97 bits per heavy atom. The molecule has 3 heterocycles. The maximum Gasteiger partial charge on any atom is 0.275 e. The molecule has 1 amide bonds. The van der Waals surface area contributed by atoms with Crippen molar-refractivity contribution in [2.75, 3.05) is 19.8 Å². The lowest BCUT2D eigenvalue weighted by Crippen LogP contribution is -2.31. The van der Waals surface area contributed by atoms with Gasteiger partial charge in [0.05, 0.1) is 12.1 Å². The van der Waals surface area contributed by atoms with Crippen LogP contribution in [-0.2, 0) is 11.2 Å². The Morgan fingerprint density at radius 1 is 1.20 bits per heavy atom. The van der Waals surface area contributed by atoms with Crippen molar-refractivity contribution < 1.29 is 14.1 Å². The number of nitrogens with zero attached hydrogens (tertiary/aromatic N) is 4. The highest BCUT2D eigenvalue weighted by Gasteiger charge is 2.36. The molecule has 8 nitrogen and oxygen atoms in total. The van der Waals surface area contributed by atoms with Gasteiger partial charge in [-0.1, -0.05) is 36.2 Å². The lowest BCUT2D eigenvalue weighted by atomic mass is 10.1. The summed E-state index contributed by atoms with van der Waals surface area (Å²) in [5.41, 5.74) is 1.30. The molecule has 2 fully saturated rings. The van der Waals surface area contributed by atoms with Gasteiger partial charge in [-0.15, -0.1) is 0 Å². The number of aromatic amines is 1. The van der Waals surface area contributed by atoms with Crippen molar-refractivity contribution in [2.24, 2.45) is 5.92 Å². The summed E-state index contributed by atoms with van der Waals surface area (Å²) in [6.45, 7) is 2.09. The third-order valence-corrected chi connectivity index (χ3v) is 6.25. The second-order valence-electron chi connectivity index (χ2n) is 8.30. The normalized spacial score (nSPS) is 19.9. The molecule has 158 valence electrons. The van der Waals surface area contributed by atoms with Crippen LogP contribution in [0.1, 0.15) is 66.8 Å². The first-order valence-corrected chi connectivity index (χ1v) is 10.9. The molecule has 0 radical (unpaired) electrons. The summed E-state index contributed by atoms with van der Waals surface area (Å²) in [5, 5.41) is 12.1. The van der Waals surface area contributed by atoms with Gasteiger partial charge in [-0.25, -0.2) is 0 Å². The van der Waals surface area contributed by atoms with Crippen molar-refractivity contribution in [3.63, 3.8) is 0 Å². The SMILES string of the molecule is O=C(c1n[nH]c2ccccc12)N1CCCC1c1nc(CCOCC2CCCC2)no1. The second kappa shape index (κ2) is 8.55. The van der Waals surface area contributed by atoms with E-state index in [1.165, 1.54) is 25.7 Å². The van der Waals surface area contributed by atoms with E-state index in [4.69, 9.17) is 9.26 Å². The number of benzene rings is 1. The number of likely N-dealkylation sites (tertiary alicyclic amines) is 1. The van der Waals surface area contributed by atoms with Crippen LogP contribution >= 0.6 is 0 Å². The number of ether oxygens (including phenoxy) is 1. The molecule has 1 aliphatic heterocycles. The average molecular weight is 409 g/mol. The van der Waals surface area contributed by atoms with E-state index in [1.807, 2.05) is 24.3 Å². The molecule has 5 rings (SSSR count). The molecule has 1 unspecified atom stereocenters. The predicted molar refractivity (Wildman–Crippen MR) is 110 cm³/mol. The van der Waals surface area contributed by atoms with E-state index < -0.39 is 0 Å². The number of carbonyl (C=O) groups is 1. The van der Waals surface area contributed by atoms with Gasteiger partial charge >= 0.3 is 0 Å². The van der Waals surface area contributed by atoms with Crippen molar-refractivity contribution in [2.45, 2.75) is 51.0 Å². The van der Waals surface area contributed by atoms with Crippen LogP contribution in [0.5, 0.6) is 0 Å². The molecule has 1 saturated carbocycles. The van der Waals surface area contributed by atoms with E-state index in [0.29, 0.717) is 42.9 Å². The number of aromatic nitrogens is 4. The summed E-state index contributed by atoms with van der Waals surface area (Å²) in [6, 6.07) is 7.46. The molecule has 0 bridgehead atoms. The molecule has 0 spiro atoms. The van der Waals surface area contributed by atoms with E-state index in [1.54, 1.807) is 4.90 Å². The van der Waals surface area contributed by atoms with Crippen molar-refractivity contribution in [1.29, 1.82) is 0 Å². The van der Waals surface area contributed by atoms with Crippen molar-refractivity contribution in [3.05, 3.63) is 41.7 Å². The van der Waals surface area contributed by atoms with Crippen molar-refractivity contribution in [3.8, 4) is 0 Å². The van der Waals surface area contributed by atoms with Gasteiger partial charge in [-0.3, -0.25) is 9.89 Å². The van der Waals surface area contributed by atoms with Gasteiger partial charge in [-0.2, -0.15) is 10.1 Å². The van der Waals surface area contributed by atoms with Crippen molar-refractivity contribution >= 4 is 16.8 Å². The Morgan fingerprint density at radius 2 is 2.07 bits per heavy atom. The number of H-pyrrole nitrogens is 1. The van der Waals surface area contributed by atoms with Gasteiger partial charge in [-0.05, 0) is 37.7 Å². The molecule has 1 aliphatic carbocycles. The number of hydrogen-bond acceptors (Lipinski definition) is 6. The van der Waals surface area contributed by atoms with Gasteiger partial charge in [0.2, 0.25) is 5.89 Å². The molecule has 3 aromatic rings. The molecule has 30 heavy (non-hydrogen) atoms. The fourth-order valence-electron chi connectivity index (χ4n) is 4.62. The van der Waals surface area contributed by atoms with Crippen LogP contribution in [0.25, 0.3) is 10.9 Å². The van der Waals surface area contributed by atoms with Crippen LogP contribution in [0.3, 0.4) is 0 Å². The minimum absolute atomic E-state index is 0.102. The number of fused-ring (bicyclic) bond motifs is 1. The lowest BCUT2D eigenvalue weighted by Gasteiger charge is -2.20. The first-order valence-electron chi connectivity index (χ1n) is 10.9. The molecule has 8 heteroatoms. The van der Waals surface area contributed by atoms with E-state index in [2.05, 4.69) is 20.3 Å². The van der Waals surface area contributed by atoms with Crippen LogP contribution in [0, 0.1) is 5.92 Å². The maximum atomic E-state index is 13.2. The largest absolute Gasteiger partial charge is 0.381 e. The third kappa shape index (κ3) is 3.84. The fourth-order valence-corrected chi connectivity index (χ4v) is 4.62. The molecule has 1 N–H and O–H groups in total. The average Bonchev–Trinajstić information content (AvgIpc) is 3.56. The summed E-state index contributed by atoms with van der Waals surface area (Å²) in [5.74, 6) is 1.75. The number of amides is 1. The molecule has 2 aliphatic rings. The standard InChI is InChI=1S/C22H27N5O3/c28-22(20-16-8-3-4-9-17(16)24-25-20)27-12-5-10-18(27)21-23-19(26-30-21)11-13-29-14-15-6-1-2-7-15/h3-4,8-9,15,18H,1-2,5-7,10-14H2,(H,24,25). The van der Waals surface area contributed by atoms with Gasteiger partial charge in [0.25, 0.3) is 5.91 Å². The van der Waals surface area contributed by atoms with E-state index in [-0.39, 0.29) is 11.9 Å². The number of carbonyl (C=O) groups excluding carboxylic acids is 1. The second-order valence-corrected chi connectivity index (χ2v) is 8.30. The molecule has 1 atom stereocenters. The van der Waals surface area contributed by atoms with Crippen LogP contribution in [0.15, 0.2) is 28.8 Å². The van der Waals surface area contributed by atoms with E-state index >= 15 is 0 Å². The highest BCUT2D eigenvalue weighted by molar-refractivity contribution is 6.04. The Balaban J connectivity index is 1.22. The van der Waals surface area contributed by atoms with Crippen LogP contribution in [0.4, 0.5) is 0 Å². The van der Waals surface area contributed by atoms with Crippen molar-refractivity contribution in [1.82, 2.24) is 25.2 Å². The van der Waals surface area contributed by atoms with Gasteiger partial charge in [0.1, 0.15) is 6.04 Å². The van der Waals surface area contributed by atoms with Gasteiger partial charge < -0.3 is 14.2 Å². The number of rotatable bonds is 7. The van der Waals surface area contributed by atoms with Gasteiger partial charge in [0.15, 0.2) is 11.5 Å². The quantitative estimate of drug-likeness (QED) is 0.598. The molecule has 1 saturated heterocycles. The molecular formula is C22H27N5O3. The maximum absolute atomic E-state index is 13.2. The number of hydrogen-bond donors (Lipinski definition) is 1. The van der Waals surface area contributed by atoms with E-state index in [9.17, 15) is 4.79 Å². The zero-order valence-corrected chi connectivity index (χ0v) is 17.0. The summed E-state index contributed by atoms with van der Waals surface area (Å²) >= 11 is 0. The third-order valence-electron chi connectivity index (χ3n) is 6.25. The highest BCUT2D eigenvalue weighted by Crippen LogP contribution is 2.33. The first kappa shape index (κ1) is 19.2. The lowest BCUT2D eigenvalue weighted by molar-refractivity contribution is 0.0706. The number of nitrogens with one attached hydrogen (secondary N) is 1. The highest BCUT2D eigenvalue weighted by atomic mass is 16.5. The van der Waals surface area contributed by atoms with Crippen LogP contribution in [-0.4, -0.2) is 50.9 Å². The summed E-state index contributed by atoms with van der Waals surface area (Å²) < 4.78 is 11.3. The van der Waals surface area contributed by atoms with Gasteiger partial charge in [0, 0.05) is 25.0 Å². The zero-order valence-electron chi connectivity index (χ0n) is 17.0. The van der Waals surface area contributed by atoms with E-state index in [0.717, 1.165) is 30.4 Å². The minimum Gasteiger partial charge on any atom is -0.381 e. The zero-order chi connectivity index (χ0) is 20.3. The predicted octanol–water partition coefficient (Wildman–Crippen LogP) is 3.67. The Kier molecular flexibility index (Phi) is 5.48. The monoisotopic (exact) mass is 409 g/mol. The molecular weight excluding hydrogens is 382 g/mol. The topological polar surface area (TPSA) is 97.1 Å². The molecule has 1 aromatic carbocycles. The Hall–Kier alpha value is -2.74. The summed E-state index contributed by atoms with van der Waals surface area (Å²) in [4.78, 5) is 19.5. The Bertz CT molecular complexity index is 1010. The first-order chi connectivity index (χ1) is 14.8.